The van der Waals surface area contributed by atoms with Crippen LogP contribution in [0.25, 0.3) is 10.8 Å². The van der Waals surface area contributed by atoms with Crippen LogP contribution in [-0.4, -0.2) is 52.9 Å². The van der Waals surface area contributed by atoms with E-state index in [0.717, 1.165) is 21.9 Å². The number of hydrogen-bond donors (Lipinski definition) is 1. The molecule has 4 aromatic rings. The van der Waals surface area contributed by atoms with Crippen molar-refractivity contribution >= 4 is 28.5 Å². The van der Waals surface area contributed by atoms with E-state index in [4.69, 9.17) is 15.2 Å². The molecular formula is C37H36FN3O5. The number of nitrogens with zero attached hydrogens (tertiary/aromatic N) is 2. The Balaban J connectivity index is 1.41. The average Bonchev–Trinajstić information content (AvgIpc) is 3.56. The van der Waals surface area contributed by atoms with Gasteiger partial charge in [-0.2, -0.15) is 0 Å². The molecule has 2 heterocycles. The number of hydrogen-bond acceptors (Lipinski definition) is 5. The van der Waals surface area contributed by atoms with Gasteiger partial charge in [0.1, 0.15) is 35.8 Å². The lowest BCUT2D eigenvalue weighted by atomic mass is 9.93. The maximum Gasteiger partial charge on any atom is 0.250 e. The van der Waals surface area contributed by atoms with Gasteiger partial charge >= 0.3 is 0 Å². The third-order valence-corrected chi connectivity index (χ3v) is 8.89. The van der Waals surface area contributed by atoms with Gasteiger partial charge in [-0.15, -0.1) is 0 Å². The van der Waals surface area contributed by atoms with E-state index in [9.17, 15) is 18.8 Å². The molecule has 0 radical (unpaired) electrons. The monoisotopic (exact) mass is 621 g/mol. The highest BCUT2D eigenvalue weighted by Gasteiger charge is 2.45. The van der Waals surface area contributed by atoms with E-state index in [1.807, 2.05) is 79.7 Å². The zero-order chi connectivity index (χ0) is 32.2. The van der Waals surface area contributed by atoms with Crippen molar-refractivity contribution in [3.63, 3.8) is 0 Å². The lowest BCUT2D eigenvalue weighted by Crippen LogP contribution is -2.53. The first-order valence-electron chi connectivity index (χ1n) is 15.4. The van der Waals surface area contributed by atoms with Crippen molar-refractivity contribution in [2.75, 3.05) is 13.3 Å². The fraction of sp³-hybridized carbons (Fsp3) is 0.270. The second-order valence-corrected chi connectivity index (χ2v) is 11.8. The maximum atomic E-state index is 14.8. The summed E-state index contributed by atoms with van der Waals surface area (Å²) in [5.74, 6) is -2.50. The van der Waals surface area contributed by atoms with Crippen molar-refractivity contribution in [2.45, 2.75) is 44.3 Å². The minimum absolute atomic E-state index is 0.0159. The Labute approximate surface area is 267 Å². The second-order valence-electron chi connectivity index (χ2n) is 11.8. The van der Waals surface area contributed by atoms with Gasteiger partial charge in [0.15, 0.2) is 0 Å². The number of nitrogens with two attached hydrogens (primary N) is 1. The molecule has 2 aliphatic heterocycles. The van der Waals surface area contributed by atoms with Crippen LogP contribution in [0.2, 0.25) is 0 Å². The summed E-state index contributed by atoms with van der Waals surface area (Å²) in [6, 6.07) is 26.2. The minimum Gasteiger partial charge on any atom is -0.462 e. The van der Waals surface area contributed by atoms with E-state index in [0.29, 0.717) is 24.2 Å². The molecule has 0 aromatic heterocycles. The molecule has 0 saturated carbocycles. The number of rotatable bonds is 9. The molecule has 236 valence electrons. The summed E-state index contributed by atoms with van der Waals surface area (Å²) in [7, 11) is 0. The fourth-order valence-corrected chi connectivity index (χ4v) is 6.56. The SMILES string of the molecule is CC1CCN(C(Cc2cccc3ccccc23)C(N)=O)C(=O)C(c2cccc(F)c2)N1C(=O)C(Cc1ccccc1)C1=COCO1. The van der Waals surface area contributed by atoms with Gasteiger partial charge in [0.25, 0.3) is 5.91 Å². The first-order valence-corrected chi connectivity index (χ1v) is 15.4. The summed E-state index contributed by atoms with van der Waals surface area (Å²) in [5, 5.41) is 1.96. The van der Waals surface area contributed by atoms with E-state index in [1.54, 1.807) is 6.07 Å². The fourth-order valence-electron chi connectivity index (χ4n) is 6.56. The Kier molecular flexibility index (Phi) is 9.01. The lowest BCUT2D eigenvalue weighted by molar-refractivity contribution is -0.150. The van der Waals surface area contributed by atoms with Crippen LogP contribution in [0.15, 0.2) is 109 Å². The van der Waals surface area contributed by atoms with Crippen LogP contribution in [-0.2, 0) is 36.7 Å². The van der Waals surface area contributed by atoms with Crippen LogP contribution in [0.3, 0.4) is 0 Å². The summed E-state index contributed by atoms with van der Waals surface area (Å²) in [5.41, 5.74) is 8.10. The Morgan fingerprint density at radius 1 is 0.957 bits per heavy atom. The summed E-state index contributed by atoms with van der Waals surface area (Å²) in [6.07, 6.45) is 2.30. The smallest absolute Gasteiger partial charge is 0.250 e. The molecule has 4 atom stereocenters. The molecule has 4 aromatic carbocycles. The molecule has 0 aliphatic carbocycles. The Morgan fingerprint density at radius 2 is 1.70 bits per heavy atom. The molecule has 0 spiro atoms. The molecule has 4 unspecified atom stereocenters. The molecule has 8 nitrogen and oxygen atoms in total. The highest BCUT2D eigenvalue weighted by molar-refractivity contribution is 5.94. The van der Waals surface area contributed by atoms with Crippen molar-refractivity contribution < 1.29 is 28.2 Å². The Bertz CT molecular complexity index is 1770. The lowest BCUT2D eigenvalue weighted by Gasteiger charge is -2.37. The normalized spacial score (nSPS) is 19.5. The second kappa shape index (κ2) is 13.4. The molecule has 2 N–H and O–H groups in total. The average molecular weight is 622 g/mol. The molecule has 2 aliphatic rings. The van der Waals surface area contributed by atoms with Gasteiger partial charge < -0.3 is 25.0 Å². The number of halogens is 1. The number of benzene rings is 4. The van der Waals surface area contributed by atoms with Crippen LogP contribution in [0.1, 0.15) is 36.1 Å². The number of ether oxygens (including phenoxy) is 2. The number of carbonyl (C=O) groups is 3. The zero-order valence-corrected chi connectivity index (χ0v) is 25.6. The summed E-state index contributed by atoms with van der Waals surface area (Å²) in [4.78, 5) is 45.6. The van der Waals surface area contributed by atoms with E-state index >= 15 is 0 Å². The van der Waals surface area contributed by atoms with E-state index in [1.165, 1.54) is 34.3 Å². The van der Waals surface area contributed by atoms with Gasteiger partial charge in [0.05, 0.1) is 0 Å². The predicted molar refractivity (Wildman–Crippen MR) is 171 cm³/mol. The zero-order valence-electron chi connectivity index (χ0n) is 25.6. The van der Waals surface area contributed by atoms with Crippen molar-refractivity contribution in [3.05, 3.63) is 132 Å². The van der Waals surface area contributed by atoms with E-state index in [2.05, 4.69) is 0 Å². The number of carbonyl (C=O) groups excluding carboxylic acids is 3. The minimum atomic E-state index is -1.21. The van der Waals surface area contributed by atoms with Crippen molar-refractivity contribution in [3.8, 4) is 0 Å². The Morgan fingerprint density at radius 3 is 2.43 bits per heavy atom. The topological polar surface area (TPSA) is 102 Å². The predicted octanol–water partition coefficient (Wildman–Crippen LogP) is 5.27. The molecule has 9 heteroatoms. The van der Waals surface area contributed by atoms with Crippen molar-refractivity contribution in [1.82, 2.24) is 9.80 Å². The van der Waals surface area contributed by atoms with E-state index < -0.39 is 41.7 Å². The first kappa shape index (κ1) is 30.8. The van der Waals surface area contributed by atoms with Crippen molar-refractivity contribution in [1.29, 1.82) is 0 Å². The van der Waals surface area contributed by atoms with Gasteiger partial charge in [-0.05, 0) is 59.4 Å². The number of amides is 3. The molecule has 0 bridgehead atoms. The molecule has 3 amide bonds. The Hall–Kier alpha value is -5.18. The van der Waals surface area contributed by atoms with Crippen LogP contribution >= 0.6 is 0 Å². The highest BCUT2D eigenvalue weighted by atomic mass is 19.1. The summed E-state index contributed by atoms with van der Waals surface area (Å²) in [6.45, 7) is 2.03. The standard InChI is InChI=1S/C37H36FN3O5/c1-24-17-18-40(32(35(39)42)21-27-13-7-12-26-11-5-6-16-30(26)27)37(44)34(28-14-8-15-29(38)20-28)41(24)36(43)31(33-22-45-23-46-33)19-25-9-3-2-4-10-25/h2-16,20,22,24,31-32,34H,17-19,21,23H2,1H3,(H2,39,42). The van der Waals surface area contributed by atoms with Gasteiger partial charge in [-0.25, -0.2) is 4.39 Å². The van der Waals surface area contributed by atoms with Crippen LogP contribution in [0, 0.1) is 11.7 Å². The summed E-state index contributed by atoms with van der Waals surface area (Å²) < 4.78 is 25.8. The number of primary amides is 1. The maximum absolute atomic E-state index is 14.8. The van der Waals surface area contributed by atoms with E-state index in [-0.39, 0.29) is 25.7 Å². The third kappa shape index (κ3) is 6.31. The largest absolute Gasteiger partial charge is 0.462 e. The third-order valence-electron chi connectivity index (χ3n) is 8.89. The van der Waals surface area contributed by atoms with Crippen LogP contribution in [0.5, 0.6) is 0 Å². The molecule has 46 heavy (non-hydrogen) atoms. The first-order chi connectivity index (χ1) is 22.3. The van der Waals surface area contributed by atoms with Crippen LogP contribution < -0.4 is 5.73 Å². The van der Waals surface area contributed by atoms with Crippen molar-refractivity contribution in [2.24, 2.45) is 11.7 Å². The molecule has 1 fully saturated rings. The highest BCUT2D eigenvalue weighted by Crippen LogP contribution is 2.36. The van der Waals surface area contributed by atoms with Gasteiger partial charge in [-0.1, -0.05) is 84.9 Å². The molecule has 6 rings (SSSR count). The quantitative estimate of drug-likeness (QED) is 0.274. The summed E-state index contributed by atoms with van der Waals surface area (Å²) >= 11 is 0. The molecule has 1 saturated heterocycles. The van der Waals surface area contributed by atoms with Crippen LogP contribution in [0.4, 0.5) is 4.39 Å². The number of fused-ring (bicyclic) bond motifs is 1. The molecular weight excluding hydrogens is 585 g/mol. The van der Waals surface area contributed by atoms with Gasteiger partial charge in [-0.3, -0.25) is 14.4 Å². The van der Waals surface area contributed by atoms with Gasteiger partial charge in [0, 0.05) is 19.0 Å². The van der Waals surface area contributed by atoms with Gasteiger partial charge in [0.2, 0.25) is 18.6 Å².